The van der Waals surface area contributed by atoms with Crippen molar-refractivity contribution in [1.82, 2.24) is 9.88 Å². The number of carboxylic acid groups (broad SMARTS) is 1. The van der Waals surface area contributed by atoms with E-state index in [9.17, 15) is 9.59 Å². The molecule has 1 aliphatic heterocycles. The van der Waals surface area contributed by atoms with Gasteiger partial charge in [-0.1, -0.05) is 0 Å². The van der Waals surface area contributed by atoms with Crippen LogP contribution in [0, 0.1) is 6.92 Å². The number of nitrogens with one attached hydrogen (secondary N) is 1. The first kappa shape index (κ1) is 15.9. The molecule has 0 unspecified atom stereocenters. The zero-order chi connectivity index (χ0) is 15.2. The molecule has 1 fully saturated rings. The van der Waals surface area contributed by atoms with Gasteiger partial charge in [-0.2, -0.15) is 0 Å². The standard InChI is InChI=1S/C13H19N3O4S/c1-9-8-21-13(14-9)15-11(17)6-16-4-2-10(3-5-16)20-7-12(18)19/h8,10H,2-7H2,1H3,(H,18,19)(H,14,15,17). The zero-order valence-electron chi connectivity index (χ0n) is 11.9. The number of amides is 1. The Balaban J connectivity index is 1.68. The molecule has 2 N–H and O–H groups in total. The highest BCUT2D eigenvalue weighted by atomic mass is 32.1. The van der Waals surface area contributed by atoms with Gasteiger partial charge < -0.3 is 15.2 Å². The Morgan fingerprint density at radius 2 is 2.24 bits per heavy atom. The summed E-state index contributed by atoms with van der Waals surface area (Å²) in [5, 5.41) is 13.9. The molecular formula is C13H19N3O4S. The molecule has 0 bridgehead atoms. The summed E-state index contributed by atoms with van der Waals surface area (Å²) in [5.74, 6) is -1.02. The number of aromatic nitrogens is 1. The third-order valence-electron chi connectivity index (χ3n) is 3.21. The van der Waals surface area contributed by atoms with Gasteiger partial charge in [0.15, 0.2) is 5.13 Å². The maximum atomic E-state index is 11.9. The summed E-state index contributed by atoms with van der Waals surface area (Å²) in [4.78, 5) is 28.6. The van der Waals surface area contributed by atoms with Crippen molar-refractivity contribution < 1.29 is 19.4 Å². The predicted octanol–water partition coefficient (Wildman–Crippen LogP) is 0.956. The van der Waals surface area contributed by atoms with E-state index in [1.165, 1.54) is 11.3 Å². The number of hydrogen-bond donors (Lipinski definition) is 2. The Kier molecular flexibility index (Phi) is 5.66. The van der Waals surface area contributed by atoms with Gasteiger partial charge >= 0.3 is 5.97 Å². The van der Waals surface area contributed by atoms with E-state index in [1.54, 1.807) is 0 Å². The molecule has 1 amide bonds. The van der Waals surface area contributed by atoms with Crippen molar-refractivity contribution in [2.24, 2.45) is 0 Å². The maximum absolute atomic E-state index is 11.9. The number of aryl methyl sites for hydroxylation is 1. The molecule has 1 saturated heterocycles. The fourth-order valence-electron chi connectivity index (χ4n) is 2.20. The fraction of sp³-hybridized carbons (Fsp3) is 0.615. The zero-order valence-corrected chi connectivity index (χ0v) is 12.7. The Bertz CT molecular complexity index is 497. The van der Waals surface area contributed by atoms with Gasteiger partial charge in [-0.3, -0.25) is 9.69 Å². The number of piperidine rings is 1. The first-order valence-electron chi connectivity index (χ1n) is 6.80. The molecule has 1 aromatic heterocycles. The molecule has 2 heterocycles. The van der Waals surface area contributed by atoms with E-state index in [4.69, 9.17) is 9.84 Å². The van der Waals surface area contributed by atoms with Gasteiger partial charge in [-0.25, -0.2) is 9.78 Å². The van der Waals surface area contributed by atoms with Crippen LogP contribution in [0.15, 0.2) is 5.38 Å². The van der Waals surface area contributed by atoms with Crippen LogP contribution < -0.4 is 5.32 Å². The molecule has 0 radical (unpaired) electrons. The Morgan fingerprint density at radius 1 is 1.52 bits per heavy atom. The van der Waals surface area contributed by atoms with Gasteiger partial charge in [0, 0.05) is 18.5 Å². The second kappa shape index (κ2) is 7.48. The van der Waals surface area contributed by atoms with Crippen LogP contribution in [-0.2, 0) is 14.3 Å². The van der Waals surface area contributed by atoms with Crippen LogP contribution in [0.25, 0.3) is 0 Å². The second-order valence-electron chi connectivity index (χ2n) is 5.02. The number of hydrogen-bond acceptors (Lipinski definition) is 6. The lowest BCUT2D eigenvalue weighted by Crippen LogP contribution is -2.41. The summed E-state index contributed by atoms with van der Waals surface area (Å²) in [6.07, 6.45) is 1.47. The molecule has 0 saturated carbocycles. The van der Waals surface area contributed by atoms with Gasteiger partial charge in [0.05, 0.1) is 18.3 Å². The quantitative estimate of drug-likeness (QED) is 0.812. The van der Waals surface area contributed by atoms with Gasteiger partial charge in [0.25, 0.3) is 0 Å². The Hall–Kier alpha value is -1.51. The molecular weight excluding hydrogens is 294 g/mol. The summed E-state index contributed by atoms with van der Waals surface area (Å²) in [6.45, 7) is 3.41. The summed E-state index contributed by atoms with van der Waals surface area (Å²) in [7, 11) is 0. The average Bonchev–Trinajstić information content (AvgIpc) is 2.83. The molecule has 1 aliphatic rings. The average molecular weight is 313 g/mol. The van der Waals surface area contributed by atoms with Crippen LogP contribution in [0.2, 0.25) is 0 Å². The number of likely N-dealkylation sites (tertiary alicyclic amines) is 1. The van der Waals surface area contributed by atoms with E-state index in [-0.39, 0.29) is 18.6 Å². The Labute approximate surface area is 126 Å². The monoisotopic (exact) mass is 313 g/mol. The number of ether oxygens (including phenoxy) is 1. The summed E-state index contributed by atoms with van der Waals surface area (Å²) in [6, 6.07) is 0. The third kappa shape index (κ3) is 5.41. The third-order valence-corrected chi connectivity index (χ3v) is 4.09. The molecule has 2 rings (SSSR count). The molecule has 0 atom stereocenters. The minimum atomic E-state index is -0.949. The van der Waals surface area contributed by atoms with Crippen molar-refractivity contribution in [3.63, 3.8) is 0 Å². The van der Waals surface area contributed by atoms with Crippen molar-refractivity contribution in [3.8, 4) is 0 Å². The SMILES string of the molecule is Cc1csc(NC(=O)CN2CCC(OCC(=O)O)CC2)n1. The van der Waals surface area contributed by atoms with Crippen LogP contribution in [0.3, 0.4) is 0 Å². The topological polar surface area (TPSA) is 91.8 Å². The molecule has 0 spiro atoms. The first-order chi connectivity index (χ1) is 10.0. The molecule has 0 aromatic carbocycles. The summed E-state index contributed by atoms with van der Waals surface area (Å²) >= 11 is 1.41. The lowest BCUT2D eigenvalue weighted by atomic mass is 10.1. The van der Waals surface area contributed by atoms with Crippen molar-refractivity contribution in [2.45, 2.75) is 25.9 Å². The van der Waals surface area contributed by atoms with E-state index in [0.29, 0.717) is 11.7 Å². The largest absolute Gasteiger partial charge is 0.480 e. The molecule has 116 valence electrons. The minimum Gasteiger partial charge on any atom is -0.480 e. The number of thiazole rings is 1. The number of aliphatic carboxylic acids is 1. The van der Waals surface area contributed by atoms with Gasteiger partial charge in [0.2, 0.25) is 5.91 Å². The summed E-state index contributed by atoms with van der Waals surface area (Å²) < 4.78 is 5.26. The van der Waals surface area contributed by atoms with Crippen molar-refractivity contribution in [2.75, 3.05) is 31.6 Å². The first-order valence-corrected chi connectivity index (χ1v) is 7.68. The predicted molar refractivity (Wildman–Crippen MR) is 78.5 cm³/mol. The molecule has 1 aromatic rings. The van der Waals surface area contributed by atoms with Crippen molar-refractivity contribution >= 4 is 28.3 Å². The number of anilines is 1. The van der Waals surface area contributed by atoms with E-state index >= 15 is 0 Å². The van der Waals surface area contributed by atoms with Gasteiger partial charge in [-0.15, -0.1) is 11.3 Å². The van der Waals surface area contributed by atoms with E-state index in [0.717, 1.165) is 31.6 Å². The number of carbonyl (C=O) groups excluding carboxylic acids is 1. The number of carbonyl (C=O) groups is 2. The van der Waals surface area contributed by atoms with Crippen LogP contribution >= 0.6 is 11.3 Å². The highest BCUT2D eigenvalue weighted by molar-refractivity contribution is 7.13. The van der Waals surface area contributed by atoms with E-state index in [2.05, 4.69) is 10.3 Å². The van der Waals surface area contributed by atoms with E-state index < -0.39 is 5.97 Å². The normalized spacial score (nSPS) is 16.8. The lowest BCUT2D eigenvalue weighted by molar-refractivity contribution is -0.145. The molecule has 21 heavy (non-hydrogen) atoms. The van der Waals surface area contributed by atoms with Crippen molar-refractivity contribution in [3.05, 3.63) is 11.1 Å². The molecule has 0 aliphatic carbocycles. The van der Waals surface area contributed by atoms with Crippen molar-refractivity contribution in [1.29, 1.82) is 0 Å². The van der Waals surface area contributed by atoms with Crippen LogP contribution in [0.1, 0.15) is 18.5 Å². The smallest absolute Gasteiger partial charge is 0.329 e. The van der Waals surface area contributed by atoms with Crippen LogP contribution in [0.5, 0.6) is 0 Å². The van der Waals surface area contributed by atoms with Crippen LogP contribution in [0.4, 0.5) is 5.13 Å². The highest BCUT2D eigenvalue weighted by Gasteiger charge is 2.22. The minimum absolute atomic E-state index is 0.0259. The molecule has 7 nitrogen and oxygen atoms in total. The van der Waals surface area contributed by atoms with Crippen LogP contribution in [-0.4, -0.2) is 59.2 Å². The fourth-order valence-corrected chi connectivity index (χ4v) is 2.90. The molecule has 8 heteroatoms. The summed E-state index contributed by atoms with van der Waals surface area (Å²) in [5.41, 5.74) is 0.895. The number of nitrogens with zero attached hydrogens (tertiary/aromatic N) is 2. The van der Waals surface area contributed by atoms with Gasteiger partial charge in [-0.05, 0) is 19.8 Å². The lowest BCUT2D eigenvalue weighted by Gasteiger charge is -2.30. The highest BCUT2D eigenvalue weighted by Crippen LogP contribution is 2.16. The maximum Gasteiger partial charge on any atom is 0.329 e. The number of rotatable bonds is 6. The second-order valence-corrected chi connectivity index (χ2v) is 5.88. The number of carboxylic acids is 1. The van der Waals surface area contributed by atoms with E-state index in [1.807, 2.05) is 17.2 Å². The van der Waals surface area contributed by atoms with Gasteiger partial charge in [0.1, 0.15) is 6.61 Å². The Morgan fingerprint density at radius 3 is 2.81 bits per heavy atom.